The summed E-state index contributed by atoms with van der Waals surface area (Å²) in [5.74, 6) is -0.157. The lowest BCUT2D eigenvalue weighted by atomic mass is 10.1. The quantitative estimate of drug-likeness (QED) is 0.757. The molecule has 1 aromatic carbocycles. The Balaban J connectivity index is 2.75. The van der Waals surface area contributed by atoms with Crippen LogP contribution in [0.2, 0.25) is 0 Å². The molecule has 0 N–H and O–H groups in total. The van der Waals surface area contributed by atoms with Crippen molar-refractivity contribution >= 4 is 15.9 Å². The minimum Gasteiger partial charge on any atom is -0.383 e. The first kappa shape index (κ1) is 15.6. The standard InChI is InChI=1S/C14H21BrFNO/c1-4-11(2)17(7-8-18-3)10-12-5-6-13(15)9-14(12)16/h5-6,9,11H,4,7-8,10H2,1-3H3. The molecule has 0 heterocycles. The maximum Gasteiger partial charge on any atom is 0.128 e. The van der Waals surface area contributed by atoms with Crippen LogP contribution < -0.4 is 0 Å². The lowest BCUT2D eigenvalue weighted by molar-refractivity contribution is 0.117. The molecule has 1 atom stereocenters. The predicted molar refractivity (Wildman–Crippen MR) is 76.1 cm³/mol. The van der Waals surface area contributed by atoms with Gasteiger partial charge in [-0.3, -0.25) is 4.90 Å². The van der Waals surface area contributed by atoms with Crippen LogP contribution in [0.1, 0.15) is 25.8 Å². The fourth-order valence-corrected chi connectivity index (χ4v) is 2.12. The van der Waals surface area contributed by atoms with Crippen LogP contribution in [0.25, 0.3) is 0 Å². The molecule has 0 aromatic heterocycles. The Kier molecular flexibility index (Phi) is 6.82. The number of nitrogens with zero attached hydrogens (tertiary/aromatic N) is 1. The summed E-state index contributed by atoms with van der Waals surface area (Å²) >= 11 is 3.27. The molecule has 0 spiro atoms. The van der Waals surface area contributed by atoms with Gasteiger partial charge in [-0.2, -0.15) is 0 Å². The zero-order valence-electron chi connectivity index (χ0n) is 11.2. The van der Waals surface area contributed by atoms with E-state index in [-0.39, 0.29) is 5.82 Å². The molecule has 0 aliphatic carbocycles. The van der Waals surface area contributed by atoms with Crippen molar-refractivity contribution < 1.29 is 9.13 Å². The van der Waals surface area contributed by atoms with Gasteiger partial charge in [-0.05, 0) is 25.5 Å². The van der Waals surface area contributed by atoms with E-state index in [0.717, 1.165) is 23.0 Å². The van der Waals surface area contributed by atoms with E-state index in [4.69, 9.17) is 4.74 Å². The lowest BCUT2D eigenvalue weighted by Gasteiger charge is -2.28. The van der Waals surface area contributed by atoms with Crippen LogP contribution in [0.15, 0.2) is 22.7 Å². The maximum atomic E-state index is 13.8. The maximum absolute atomic E-state index is 13.8. The molecule has 0 aliphatic rings. The highest BCUT2D eigenvalue weighted by Crippen LogP contribution is 2.18. The zero-order valence-corrected chi connectivity index (χ0v) is 12.8. The van der Waals surface area contributed by atoms with Gasteiger partial charge in [0.25, 0.3) is 0 Å². The molecule has 102 valence electrons. The van der Waals surface area contributed by atoms with E-state index in [0.29, 0.717) is 19.2 Å². The van der Waals surface area contributed by atoms with Crippen LogP contribution in [0.3, 0.4) is 0 Å². The van der Waals surface area contributed by atoms with Gasteiger partial charge in [-0.25, -0.2) is 4.39 Å². The average Bonchev–Trinajstić information content (AvgIpc) is 2.36. The summed E-state index contributed by atoms with van der Waals surface area (Å²) in [6, 6.07) is 5.65. The van der Waals surface area contributed by atoms with E-state index >= 15 is 0 Å². The van der Waals surface area contributed by atoms with Crippen LogP contribution in [0.5, 0.6) is 0 Å². The van der Waals surface area contributed by atoms with Gasteiger partial charge in [0.05, 0.1) is 6.61 Å². The fraction of sp³-hybridized carbons (Fsp3) is 0.571. The van der Waals surface area contributed by atoms with Gasteiger partial charge in [0.2, 0.25) is 0 Å². The highest BCUT2D eigenvalue weighted by atomic mass is 79.9. The summed E-state index contributed by atoms with van der Waals surface area (Å²) < 4.78 is 19.7. The smallest absolute Gasteiger partial charge is 0.128 e. The van der Waals surface area contributed by atoms with E-state index < -0.39 is 0 Å². The van der Waals surface area contributed by atoms with Crippen LogP contribution >= 0.6 is 15.9 Å². The molecule has 2 nitrogen and oxygen atoms in total. The second kappa shape index (κ2) is 7.87. The normalized spacial score (nSPS) is 13.0. The third-order valence-electron chi connectivity index (χ3n) is 3.19. The molecule has 0 radical (unpaired) electrons. The number of hydrogen-bond donors (Lipinski definition) is 0. The summed E-state index contributed by atoms with van der Waals surface area (Å²) in [6.45, 7) is 6.41. The highest BCUT2D eigenvalue weighted by molar-refractivity contribution is 9.10. The Morgan fingerprint density at radius 1 is 1.44 bits per heavy atom. The Morgan fingerprint density at radius 3 is 2.72 bits per heavy atom. The summed E-state index contributed by atoms with van der Waals surface area (Å²) in [7, 11) is 1.69. The lowest BCUT2D eigenvalue weighted by Crippen LogP contribution is -2.35. The molecular formula is C14H21BrFNO. The van der Waals surface area contributed by atoms with Crippen molar-refractivity contribution in [3.8, 4) is 0 Å². The van der Waals surface area contributed by atoms with E-state index in [1.54, 1.807) is 7.11 Å². The summed E-state index contributed by atoms with van der Waals surface area (Å²) in [5, 5.41) is 0. The molecule has 1 aromatic rings. The Hall–Kier alpha value is -0.450. The van der Waals surface area contributed by atoms with Gasteiger partial charge >= 0.3 is 0 Å². The van der Waals surface area contributed by atoms with Gasteiger partial charge in [0.1, 0.15) is 5.82 Å². The second-order valence-electron chi connectivity index (χ2n) is 4.46. The van der Waals surface area contributed by atoms with Crippen molar-refractivity contribution in [2.75, 3.05) is 20.3 Å². The van der Waals surface area contributed by atoms with Gasteiger partial charge in [-0.1, -0.05) is 28.9 Å². The largest absolute Gasteiger partial charge is 0.383 e. The van der Waals surface area contributed by atoms with Crippen molar-refractivity contribution in [1.82, 2.24) is 4.90 Å². The third-order valence-corrected chi connectivity index (χ3v) is 3.68. The first-order chi connectivity index (χ1) is 8.58. The highest BCUT2D eigenvalue weighted by Gasteiger charge is 2.14. The number of methoxy groups -OCH3 is 1. The number of halogens is 2. The minimum atomic E-state index is -0.157. The van der Waals surface area contributed by atoms with Gasteiger partial charge in [0.15, 0.2) is 0 Å². The molecule has 4 heteroatoms. The van der Waals surface area contributed by atoms with Crippen LogP contribution in [-0.4, -0.2) is 31.2 Å². The first-order valence-corrected chi connectivity index (χ1v) is 7.04. The van der Waals surface area contributed by atoms with Gasteiger partial charge in [-0.15, -0.1) is 0 Å². The zero-order chi connectivity index (χ0) is 13.5. The Bertz CT molecular complexity index is 373. The number of benzene rings is 1. The second-order valence-corrected chi connectivity index (χ2v) is 5.37. The summed E-state index contributed by atoms with van der Waals surface area (Å²) in [5.41, 5.74) is 0.731. The molecule has 0 saturated heterocycles. The Labute approximate surface area is 117 Å². The molecule has 0 aliphatic heterocycles. The topological polar surface area (TPSA) is 12.5 Å². The van der Waals surface area contributed by atoms with Gasteiger partial charge in [0, 0.05) is 36.3 Å². The molecule has 0 fully saturated rings. The molecule has 0 saturated carbocycles. The molecule has 1 rings (SSSR count). The Morgan fingerprint density at radius 2 is 2.17 bits per heavy atom. The van der Waals surface area contributed by atoms with Crippen LogP contribution in [-0.2, 0) is 11.3 Å². The number of rotatable bonds is 7. The summed E-state index contributed by atoms with van der Waals surface area (Å²) in [6.07, 6.45) is 1.04. The average molecular weight is 318 g/mol. The first-order valence-electron chi connectivity index (χ1n) is 6.25. The van der Waals surface area contributed by atoms with E-state index in [1.807, 2.05) is 12.1 Å². The predicted octanol–water partition coefficient (Wildman–Crippen LogP) is 3.84. The fourth-order valence-electron chi connectivity index (χ4n) is 1.79. The molecule has 0 amide bonds. The van der Waals surface area contributed by atoms with Crippen LogP contribution in [0.4, 0.5) is 4.39 Å². The summed E-state index contributed by atoms with van der Waals surface area (Å²) in [4.78, 5) is 2.25. The van der Waals surface area contributed by atoms with E-state index in [2.05, 4.69) is 34.7 Å². The van der Waals surface area contributed by atoms with E-state index in [9.17, 15) is 4.39 Å². The van der Waals surface area contributed by atoms with E-state index in [1.165, 1.54) is 6.07 Å². The minimum absolute atomic E-state index is 0.157. The van der Waals surface area contributed by atoms with Crippen molar-refractivity contribution in [3.05, 3.63) is 34.1 Å². The van der Waals surface area contributed by atoms with Gasteiger partial charge < -0.3 is 4.74 Å². The van der Waals surface area contributed by atoms with Crippen molar-refractivity contribution in [1.29, 1.82) is 0 Å². The number of hydrogen-bond acceptors (Lipinski definition) is 2. The SMILES string of the molecule is CCC(C)N(CCOC)Cc1ccc(Br)cc1F. The van der Waals surface area contributed by atoms with Crippen molar-refractivity contribution in [2.45, 2.75) is 32.9 Å². The van der Waals surface area contributed by atoms with Crippen molar-refractivity contribution in [3.63, 3.8) is 0 Å². The number of ether oxygens (including phenoxy) is 1. The molecule has 18 heavy (non-hydrogen) atoms. The van der Waals surface area contributed by atoms with Crippen LogP contribution in [0, 0.1) is 5.82 Å². The molecular weight excluding hydrogens is 297 g/mol. The monoisotopic (exact) mass is 317 g/mol. The third kappa shape index (κ3) is 4.67. The molecule has 0 bridgehead atoms. The van der Waals surface area contributed by atoms with Crippen molar-refractivity contribution in [2.24, 2.45) is 0 Å². The molecule has 1 unspecified atom stereocenters.